The summed E-state index contributed by atoms with van der Waals surface area (Å²) in [6.07, 6.45) is 3.56. The standard InChI is InChI=1S/C15H21NO3/c1-3-15(10-17,11-18)16-14(19)9-8-13-6-4-12(2)5-7-13/h4-9,17-18H,3,10-11H2,1-2H3,(H,16,19)/b9-8+. The van der Waals surface area contributed by atoms with Crippen molar-refractivity contribution in [1.29, 1.82) is 0 Å². The Hall–Kier alpha value is -1.65. The summed E-state index contributed by atoms with van der Waals surface area (Å²) in [4.78, 5) is 11.8. The highest BCUT2D eigenvalue weighted by Crippen LogP contribution is 2.09. The summed E-state index contributed by atoms with van der Waals surface area (Å²) < 4.78 is 0. The third-order valence-electron chi connectivity index (χ3n) is 3.17. The van der Waals surface area contributed by atoms with E-state index >= 15 is 0 Å². The SMILES string of the molecule is CCC(CO)(CO)NC(=O)/C=C/c1ccc(C)cc1. The molecule has 0 bridgehead atoms. The highest BCUT2D eigenvalue weighted by atomic mass is 16.3. The fourth-order valence-electron chi connectivity index (χ4n) is 1.59. The lowest BCUT2D eigenvalue weighted by molar-refractivity contribution is -0.119. The van der Waals surface area contributed by atoms with Crippen molar-refractivity contribution in [2.45, 2.75) is 25.8 Å². The Balaban J connectivity index is 2.66. The minimum absolute atomic E-state index is 0.288. The van der Waals surface area contributed by atoms with Crippen LogP contribution in [0, 0.1) is 6.92 Å². The molecule has 0 aromatic heterocycles. The lowest BCUT2D eigenvalue weighted by Crippen LogP contribution is -2.53. The molecule has 104 valence electrons. The molecule has 0 heterocycles. The fraction of sp³-hybridized carbons (Fsp3) is 0.400. The van der Waals surface area contributed by atoms with Crippen LogP contribution in [-0.2, 0) is 4.79 Å². The molecule has 0 aliphatic heterocycles. The predicted molar refractivity (Wildman–Crippen MR) is 75.5 cm³/mol. The van der Waals surface area contributed by atoms with Crippen molar-refractivity contribution in [1.82, 2.24) is 5.32 Å². The van der Waals surface area contributed by atoms with E-state index in [0.29, 0.717) is 6.42 Å². The number of carbonyl (C=O) groups excluding carboxylic acids is 1. The number of amides is 1. The van der Waals surface area contributed by atoms with Crippen LogP contribution in [-0.4, -0.2) is 34.9 Å². The average Bonchev–Trinajstić information content (AvgIpc) is 2.44. The van der Waals surface area contributed by atoms with Crippen LogP contribution in [0.5, 0.6) is 0 Å². The number of aliphatic hydroxyl groups is 2. The minimum atomic E-state index is -0.950. The Morgan fingerprint density at radius 1 is 1.26 bits per heavy atom. The van der Waals surface area contributed by atoms with E-state index in [2.05, 4.69) is 5.32 Å². The first-order valence-corrected chi connectivity index (χ1v) is 6.34. The number of aliphatic hydroxyl groups excluding tert-OH is 2. The molecule has 0 saturated carbocycles. The summed E-state index contributed by atoms with van der Waals surface area (Å²) in [5.74, 6) is -0.328. The lowest BCUT2D eigenvalue weighted by atomic mass is 9.98. The minimum Gasteiger partial charge on any atom is -0.394 e. The van der Waals surface area contributed by atoms with Gasteiger partial charge in [-0.05, 0) is 25.0 Å². The van der Waals surface area contributed by atoms with Crippen LogP contribution in [0.1, 0.15) is 24.5 Å². The number of rotatable bonds is 6. The average molecular weight is 263 g/mol. The summed E-state index contributed by atoms with van der Waals surface area (Å²) in [6, 6.07) is 7.78. The molecule has 1 amide bonds. The maximum Gasteiger partial charge on any atom is 0.244 e. The molecular weight excluding hydrogens is 242 g/mol. The summed E-state index contributed by atoms with van der Waals surface area (Å²) in [6.45, 7) is 3.23. The van der Waals surface area contributed by atoms with Crippen molar-refractivity contribution in [3.63, 3.8) is 0 Å². The topological polar surface area (TPSA) is 69.6 Å². The molecule has 4 heteroatoms. The number of aryl methyl sites for hydroxylation is 1. The quantitative estimate of drug-likeness (QED) is 0.677. The zero-order valence-electron chi connectivity index (χ0n) is 11.4. The van der Waals surface area contributed by atoms with Gasteiger partial charge < -0.3 is 15.5 Å². The Morgan fingerprint density at radius 3 is 2.32 bits per heavy atom. The van der Waals surface area contributed by atoms with Gasteiger partial charge in [-0.25, -0.2) is 0 Å². The molecule has 19 heavy (non-hydrogen) atoms. The van der Waals surface area contributed by atoms with E-state index < -0.39 is 5.54 Å². The maximum absolute atomic E-state index is 11.8. The Kier molecular flexibility index (Phi) is 5.73. The molecule has 0 radical (unpaired) electrons. The molecule has 1 rings (SSSR count). The normalized spacial score (nSPS) is 11.8. The second-order valence-corrected chi connectivity index (χ2v) is 4.68. The highest BCUT2D eigenvalue weighted by molar-refractivity contribution is 5.92. The molecule has 1 aromatic rings. The van der Waals surface area contributed by atoms with Gasteiger partial charge >= 0.3 is 0 Å². The van der Waals surface area contributed by atoms with Crippen molar-refractivity contribution in [3.05, 3.63) is 41.5 Å². The lowest BCUT2D eigenvalue weighted by Gasteiger charge is -2.28. The van der Waals surface area contributed by atoms with Gasteiger partial charge in [-0.3, -0.25) is 4.79 Å². The zero-order valence-corrected chi connectivity index (χ0v) is 11.4. The molecule has 0 fully saturated rings. The van der Waals surface area contributed by atoms with Gasteiger partial charge in [0.25, 0.3) is 0 Å². The van der Waals surface area contributed by atoms with Crippen LogP contribution in [0.25, 0.3) is 6.08 Å². The van der Waals surface area contributed by atoms with Crippen LogP contribution in [0.3, 0.4) is 0 Å². The van der Waals surface area contributed by atoms with E-state index in [-0.39, 0.29) is 19.1 Å². The van der Waals surface area contributed by atoms with E-state index in [1.54, 1.807) is 13.0 Å². The molecule has 4 nitrogen and oxygen atoms in total. The molecule has 0 unspecified atom stereocenters. The summed E-state index contributed by atoms with van der Waals surface area (Å²) >= 11 is 0. The highest BCUT2D eigenvalue weighted by Gasteiger charge is 2.27. The first-order chi connectivity index (χ1) is 9.05. The second kappa shape index (κ2) is 7.07. The van der Waals surface area contributed by atoms with E-state index in [9.17, 15) is 15.0 Å². The molecule has 1 aromatic carbocycles. The largest absolute Gasteiger partial charge is 0.394 e. The van der Waals surface area contributed by atoms with Gasteiger partial charge in [-0.15, -0.1) is 0 Å². The predicted octanol–water partition coefficient (Wildman–Crippen LogP) is 1.26. The fourth-order valence-corrected chi connectivity index (χ4v) is 1.59. The van der Waals surface area contributed by atoms with Crippen LogP contribution in [0.15, 0.2) is 30.3 Å². The maximum atomic E-state index is 11.8. The van der Waals surface area contributed by atoms with Gasteiger partial charge in [0.2, 0.25) is 5.91 Å². The van der Waals surface area contributed by atoms with E-state index in [0.717, 1.165) is 11.1 Å². The summed E-state index contributed by atoms with van der Waals surface area (Å²) in [5.41, 5.74) is 1.14. The molecule has 0 atom stereocenters. The molecule has 0 saturated heterocycles. The third-order valence-corrected chi connectivity index (χ3v) is 3.17. The van der Waals surface area contributed by atoms with Gasteiger partial charge in [0, 0.05) is 6.08 Å². The number of carbonyl (C=O) groups is 1. The van der Waals surface area contributed by atoms with Gasteiger partial charge in [0.1, 0.15) is 0 Å². The van der Waals surface area contributed by atoms with Crippen LogP contribution in [0.4, 0.5) is 0 Å². The van der Waals surface area contributed by atoms with Gasteiger partial charge in [0.15, 0.2) is 0 Å². The Morgan fingerprint density at radius 2 is 1.84 bits per heavy atom. The van der Waals surface area contributed by atoms with Crippen molar-refractivity contribution in [2.75, 3.05) is 13.2 Å². The van der Waals surface area contributed by atoms with Crippen LogP contribution in [0.2, 0.25) is 0 Å². The number of nitrogens with one attached hydrogen (secondary N) is 1. The first-order valence-electron chi connectivity index (χ1n) is 6.34. The molecule has 0 aliphatic rings. The molecule has 0 aliphatic carbocycles. The molecular formula is C15H21NO3. The van der Waals surface area contributed by atoms with Gasteiger partial charge in [0.05, 0.1) is 18.8 Å². The molecule has 3 N–H and O–H groups in total. The first kappa shape index (κ1) is 15.4. The summed E-state index contributed by atoms with van der Waals surface area (Å²) in [7, 11) is 0. The van der Waals surface area contributed by atoms with Crippen molar-refractivity contribution in [3.8, 4) is 0 Å². The Bertz CT molecular complexity index is 425. The van der Waals surface area contributed by atoms with Crippen molar-refractivity contribution in [2.24, 2.45) is 0 Å². The number of hydrogen-bond acceptors (Lipinski definition) is 3. The van der Waals surface area contributed by atoms with Gasteiger partial charge in [-0.2, -0.15) is 0 Å². The van der Waals surface area contributed by atoms with Gasteiger partial charge in [-0.1, -0.05) is 36.8 Å². The van der Waals surface area contributed by atoms with Crippen molar-refractivity contribution >= 4 is 12.0 Å². The van der Waals surface area contributed by atoms with Crippen LogP contribution < -0.4 is 5.32 Å². The summed E-state index contributed by atoms with van der Waals surface area (Å²) in [5, 5.41) is 21.1. The van der Waals surface area contributed by atoms with E-state index in [4.69, 9.17) is 0 Å². The van der Waals surface area contributed by atoms with E-state index in [1.807, 2.05) is 31.2 Å². The van der Waals surface area contributed by atoms with Crippen LogP contribution >= 0.6 is 0 Å². The second-order valence-electron chi connectivity index (χ2n) is 4.68. The Labute approximate surface area is 113 Å². The third kappa shape index (κ3) is 4.50. The number of benzene rings is 1. The molecule has 0 spiro atoms. The van der Waals surface area contributed by atoms with E-state index in [1.165, 1.54) is 6.08 Å². The van der Waals surface area contributed by atoms with Crippen molar-refractivity contribution < 1.29 is 15.0 Å². The number of hydrogen-bond donors (Lipinski definition) is 3. The monoisotopic (exact) mass is 263 g/mol. The zero-order chi connectivity index (χ0) is 14.3. The smallest absolute Gasteiger partial charge is 0.244 e.